The lowest BCUT2D eigenvalue weighted by Gasteiger charge is -2.13. The van der Waals surface area contributed by atoms with Crippen molar-refractivity contribution in [1.82, 2.24) is 5.32 Å². The summed E-state index contributed by atoms with van der Waals surface area (Å²) < 4.78 is 5.23. The van der Waals surface area contributed by atoms with Gasteiger partial charge in [-0.15, -0.1) is 0 Å². The average Bonchev–Trinajstić information content (AvgIpc) is 2.91. The Bertz CT molecular complexity index is 505. The van der Waals surface area contributed by atoms with Crippen molar-refractivity contribution in [2.45, 2.75) is 32.9 Å². The summed E-state index contributed by atoms with van der Waals surface area (Å²) in [5.41, 5.74) is 3.47. The Morgan fingerprint density at radius 2 is 2.05 bits per heavy atom. The van der Waals surface area contributed by atoms with Crippen LogP contribution in [0.2, 0.25) is 0 Å². The molecule has 0 aliphatic carbocycles. The molecule has 0 aliphatic rings. The number of aliphatic hydroxyl groups is 1. The molecular weight excluding hydrogens is 238 g/mol. The Labute approximate surface area is 114 Å². The van der Waals surface area contributed by atoms with E-state index in [-0.39, 0.29) is 0 Å². The van der Waals surface area contributed by atoms with Crippen LogP contribution in [0.3, 0.4) is 0 Å². The van der Waals surface area contributed by atoms with Crippen LogP contribution in [-0.2, 0) is 6.54 Å². The first kappa shape index (κ1) is 13.8. The highest BCUT2D eigenvalue weighted by molar-refractivity contribution is 5.31. The van der Waals surface area contributed by atoms with Gasteiger partial charge in [-0.25, -0.2) is 0 Å². The molecular formula is C16H21NO2. The third-order valence-electron chi connectivity index (χ3n) is 3.39. The van der Waals surface area contributed by atoms with Crippen molar-refractivity contribution in [1.29, 1.82) is 0 Å². The molecule has 0 bridgehead atoms. The van der Waals surface area contributed by atoms with Gasteiger partial charge in [0.2, 0.25) is 0 Å². The molecule has 0 spiro atoms. The van der Waals surface area contributed by atoms with E-state index in [4.69, 9.17) is 4.42 Å². The minimum absolute atomic E-state index is 0.414. The monoisotopic (exact) mass is 259 g/mol. The maximum absolute atomic E-state index is 10.1. The molecule has 3 heteroatoms. The SMILES string of the molecule is Cc1ccc(C(O)CCNCc2ccco2)cc1C. The van der Waals surface area contributed by atoms with Gasteiger partial charge in [-0.05, 0) is 55.6 Å². The van der Waals surface area contributed by atoms with Crippen molar-refractivity contribution in [2.75, 3.05) is 6.54 Å². The molecule has 0 amide bonds. The predicted molar refractivity (Wildman–Crippen MR) is 75.9 cm³/mol. The zero-order valence-electron chi connectivity index (χ0n) is 11.5. The van der Waals surface area contributed by atoms with Crippen LogP contribution in [0.1, 0.15) is 35.0 Å². The summed E-state index contributed by atoms with van der Waals surface area (Å²) in [6, 6.07) is 9.93. The molecule has 0 saturated carbocycles. The molecule has 1 aromatic heterocycles. The van der Waals surface area contributed by atoms with Crippen LogP contribution in [0.15, 0.2) is 41.0 Å². The largest absolute Gasteiger partial charge is 0.468 e. The maximum Gasteiger partial charge on any atom is 0.117 e. The molecule has 1 unspecified atom stereocenters. The second kappa shape index (κ2) is 6.55. The van der Waals surface area contributed by atoms with Crippen LogP contribution < -0.4 is 5.32 Å². The number of aryl methyl sites for hydroxylation is 2. The van der Waals surface area contributed by atoms with Gasteiger partial charge in [-0.3, -0.25) is 0 Å². The first-order valence-electron chi connectivity index (χ1n) is 6.65. The molecule has 1 heterocycles. The summed E-state index contributed by atoms with van der Waals surface area (Å²) in [6.45, 7) is 5.61. The molecule has 0 aliphatic heterocycles. The number of benzene rings is 1. The number of hydrogen-bond donors (Lipinski definition) is 2. The second-order valence-corrected chi connectivity index (χ2v) is 4.90. The van der Waals surface area contributed by atoms with Crippen LogP contribution >= 0.6 is 0 Å². The molecule has 2 aromatic rings. The predicted octanol–water partition coefficient (Wildman–Crippen LogP) is 3.11. The highest BCUT2D eigenvalue weighted by atomic mass is 16.3. The fraction of sp³-hybridized carbons (Fsp3) is 0.375. The first-order chi connectivity index (χ1) is 9.16. The summed E-state index contributed by atoms with van der Waals surface area (Å²) in [7, 11) is 0. The molecule has 2 N–H and O–H groups in total. The second-order valence-electron chi connectivity index (χ2n) is 4.90. The lowest BCUT2D eigenvalue weighted by Crippen LogP contribution is -2.16. The van der Waals surface area contributed by atoms with E-state index in [1.165, 1.54) is 11.1 Å². The van der Waals surface area contributed by atoms with Gasteiger partial charge in [-0.2, -0.15) is 0 Å². The molecule has 0 fully saturated rings. The first-order valence-corrected chi connectivity index (χ1v) is 6.65. The van der Waals surface area contributed by atoms with Crippen molar-refractivity contribution in [3.05, 3.63) is 59.0 Å². The number of aliphatic hydroxyl groups excluding tert-OH is 1. The Morgan fingerprint density at radius 1 is 1.21 bits per heavy atom. The molecule has 102 valence electrons. The maximum atomic E-state index is 10.1. The van der Waals surface area contributed by atoms with Gasteiger partial charge in [0.15, 0.2) is 0 Å². The number of rotatable bonds is 6. The van der Waals surface area contributed by atoms with E-state index in [0.29, 0.717) is 13.0 Å². The van der Waals surface area contributed by atoms with E-state index in [0.717, 1.165) is 17.9 Å². The standard InChI is InChI=1S/C16H21NO2/c1-12-5-6-14(10-13(12)2)16(18)7-8-17-11-15-4-3-9-19-15/h3-6,9-10,16-18H,7-8,11H2,1-2H3. The van der Waals surface area contributed by atoms with Gasteiger partial charge in [0.05, 0.1) is 18.9 Å². The van der Waals surface area contributed by atoms with Gasteiger partial charge in [0, 0.05) is 0 Å². The van der Waals surface area contributed by atoms with Crippen LogP contribution in [0.5, 0.6) is 0 Å². The van der Waals surface area contributed by atoms with Crippen molar-refractivity contribution >= 4 is 0 Å². The van der Waals surface area contributed by atoms with Crippen molar-refractivity contribution in [2.24, 2.45) is 0 Å². The summed E-state index contributed by atoms with van der Waals surface area (Å²) in [4.78, 5) is 0. The molecule has 0 saturated heterocycles. The lowest BCUT2D eigenvalue weighted by atomic mass is 10.0. The number of hydrogen-bond acceptors (Lipinski definition) is 3. The van der Waals surface area contributed by atoms with Crippen LogP contribution in [-0.4, -0.2) is 11.7 Å². The third-order valence-corrected chi connectivity index (χ3v) is 3.39. The van der Waals surface area contributed by atoms with Crippen LogP contribution in [0, 0.1) is 13.8 Å². The van der Waals surface area contributed by atoms with Crippen LogP contribution in [0.25, 0.3) is 0 Å². The average molecular weight is 259 g/mol. The summed E-state index contributed by atoms with van der Waals surface area (Å²) in [5.74, 6) is 0.917. The lowest BCUT2D eigenvalue weighted by molar-refractivity contribution is 0.166. The Morgan fingerprint density at radius 3 is 2.74 bits per heavy atom. The fourth-order valence-corrected chi connectivity index (χ4v) is 2.00. The van der Waals surface area contributed by atoms with Gasteiger partial charge in [0.1, 0.15) is 5.76 Å². The third kappa shape index (κ3) is 3.94. The molecule has 0 radical (unpaired) electrons. The van der Waals surface area contributed by atoms with Crippen molar-refractivity contribution in [3.8, 4) is 0 Å². The molecule has 19 heavy (non-hydrogen) atoms. The molecule has 2 rings (SSSR count). The van der Waals surface area contributed by atoms with E-state index in [2.05, 4.69) is 31.3 Å². The zero-order valence-corrected chi connectivity index (χ0v) is 11.5. The summed E-state index contributed by atoms with van der Waals surface area (Å²) in [6.07, 6.45) is 1.95. The van der Waals surface area contributed by atoms with E-state index in [1.807, 2.05) is 18.2 Å². The highest BCUT2D eigenvalue weighted by Crippen LogP contribution is 2.19. The smallest absolute Gasteiger partial charge is 0.117 e. The van der Waals surface area contributed by atoms with Crippen molar-refractivity contribution < 1.29 is 9.52 Å². The van der Waals surface area contributed by atoms with Gasteiger partial charge >= 0.3 is 0 Å². The van der Waals surface area contributed by atoms with E-state index in [9.17, 15) is 5.11 Å². The number of nitrogens with one attached hydrogen (secondary N) is 1. The van der Waals surface area contributed by atoms with Gasteiger partial charge < -0.3 is 14.8 Å². The van der Waals surface area contributed by atoms with Crippen molar-refractivity contribution in [3.63, 3.8) is 0 Å². The quantitative estimate of drug-likeness (QED) is 0.783. The fourth-order valence-electron chi connectivity index (χ4n) is 2.00. The minimum atomic E-state index is -0.414. The zero-order chi connectivity index (χ0) is 13.7. The highest BCUT2D eigenvalue weighted by Gasteiger charge is 2.08. The number of furan rings is 1. The minimum Gasteiger partial charge on any atom is -0.468 e. The molecule has 3 nitrogen and oxygen atoms in total. The topological polar surface area (TPSA) is 45.4 Å². The summed E-state index contributed by atoms with van der Waals surface area (Å²) >= 11 is 0. The van der Waals surface area contributed by atoms with Crippen LogP contribution in [0.4, 0.5) is 0 Å². The molecule has 1 aromatic carbocycles. The van der Waals surface area contributed by atoms with Gasteiger partial charge in [-0.1, -0.05) is 18.2 Å². The Balaban J connectivity index is 1.77. The molecule has 1 atom stereocenters. The normalized spacial score (nSPS) is 12.6. The van der Waals surface area contributed by atoms with E-state index < -0.39 is 6.10 Å². The Kier molecular flexibility index (Phi) is 4.77. The van der Waals surface area contributed by atoms with E-state index >= 15 is 0 Å². The summed E-state index contributed by atoms with van der Waals surface area (Å²) in [5, 5.41) is 13.4. The van der Waals surface area contributed by atoms with E-state index in [1.54, 1.807) is 6.26 Å². The van der Waals surface area contributed by atoms with Gasteiger partial charge in [0.25, 0.3) is 0 Å². The Hall–Kier alpha value is -1.58.